The van der Waals surface area contributed by atoms with Gasteiger partial charge in [-0.25, -0.2) is 14.2 Å². The quantitative estimate of drug-likeness (QED) is 0.774. The van der Waals surface area contributed by atoms with Gasteiger partial charge in [-0.15, -0.1) is 11.6 Å². The standard InChI is InChI=1S/C16H16ClFN4O2/c1-9-19-14-13(15(23)21(3)16(24)20(14)2)22(9)8-10-11(17)6-4-5-7-12(10)18/h4-7,11H,8H2,1-3H3. The van der Waals surface area contributed by atoms with E-state index in [1.807, 2.05) is 0 Å². The maximum Gasteiger partial charge on any atom is 0.332 e. The summed E-state index contributed by atoms with van der Waals surface area (Å²) in [5.74, 6) is 0.0626. The molecule has 6 nitrogen and oxygen atoms in total. The van der Waals surface area contributed by atoms with Gasteiger partial charge in [-0.3, -0.25) is 13.9 Å². The number of allylic oxidation sites excluding steroid dienone is 6. The molecule has 0 amide bonds. The van der Waals surface area contributed by atoms with Crippen molar-refractivity contribution in [3.8, 4) is 0 Å². The SMILES string of the molecule is Cc1nc2c(c(=O)n(C)c(=O)n2C)n1CC1=C(F)C=CC=CC1Cl. The molecule has 24 heavy (non-hydrogen) atoms. The lowest BCUT2D eigenvalue weighted by Gasteiger charge is -2.14. The van der Waals surface area contributed by atoms with Gasteiger partial charge in [0, 0.05) is 19.7 Å². The predicted octanol–water partition coefficient (Wildman–Crippen LogP) is 1.70. The molecule has 1 aliphatic carbocycles. The first-order chi connectivity index (χ1) is 11.3. The summed E-state index contributed by atoms with van der Waals surface area (Å²) in [7, 11) is 2.94. The van der Waals surface area contributed by atoms with Crippen LogP contribution in [0.4, 0.5) is 4.39 Å². The minimum Gasteiger partial charge on any atom is -0.318 e. The fourth-order valence-corrected chi connectivity index (χ4v) is 3.00. The first kappa shape index (κ1) is 16.4. The fraction of sp³-hybridized carbons (Fsp3) is 0.312. The predicted molar refractivity (Wildman–Crippen MR) is 91.0 cm³/mol. The maximum atomic E-state index is 14.3. The van der Waals surface area contributed by atoms with Crippen LogP contribution in [-0.2, 0) is 20.6 Å². The summed E-state index contributed by atoms with van der Waals surface area (Å²) in [6, 6.07) is 0. The van der Waals surface area contributed by atoms with Crippen molar-refractivity contribution in [1.82, 2.24) is 18.7 Å². The molecule has 1 aliphatic rings. The number of aryl methyl sites for hydroxylation is 2. The molecule has 0 spiro atoms. The summed E-state index contributed by atoms with van der Waals surface area (Å²) in [5, 5.41) is -0.631. The second-order valence-corrected chi connectivity index (χ2v) is 6.11. The lowest BCUT2D eigenvalue weighted by molar-refractivity contribution is 0.625. The van der Waals surface area contributed by atoms with Crippen LogP contribution in [0.25, 0.3) is 11.2 Å². The van der Waals surface area contributed by atoms with Gasteiger partial charge in [0.05, 0.1) is 11.9 Å². The Bertz CT molecular complexity index is 1040. The summed E-state index contributed by atoms with van der Waals surface area (Å²) in [6.45, 7) is 1.78. The van der Waals surface area contributed by atoms with E-state index < -0.39 is 22.5 Å². The molecular formula is C16H16ClFN4O2. The molecule has 2 aromatic rings. The molecule has 0 N–H and O–H groups in total. The first-order valence-corrected chi connectivity index (χ1v) is 7.77. The van der Waals surface area contributed by atoms with E-state index >= 15 is 0 Å². The van der Waals surface area contributed by atoms with Crippen molar-refractivity contribution < 1.29 is 4.39 Å². The highest BCUT2D eigenvalue weighted by atomic mass is 35.5. The molecular weight excluding hydrogens is 335 g/mol. The minimum absolute atomic E-state index is 0.0739. The third-order valence-electron chi connectivity index (χ3n) is 4.14. The minimum atomic E-state index is -0.631. The number of hydrogen-bond acceptors (Lipinski definition) is 3. The first-order valence-electron chi connectivity index (χ1n) is 7.33. The van der Waals surface area contributed by atoms with Crippen molar-refractivity contribution in [2.24, 2.45) is 14.1 Å². The van der Waals surface area contributed by atoms with Gasteiger partial charge < -0.3 is 4.57 Å². The smallest absolute Gasteiger partial charge is 0.318 e. The topological polar surface area (TPSA) is 61.8 Å². The Morgan fingerprint density at radius 2 is 1.96 bits per heavy atom. The van der Waals surface area contributed by atoms with Gasteiger partial charge in [0.15, 0.2) is 11.2 Å². The van der Waals surface area contributed by atoms with Crippen molar-refractivity contribution in [3.05, 3.63) is 62.4 Å². The molecule has 2 heterocycles. The van der Waals surface area contributed by atoms with Crippen LogP contribution >= 0.6 is 11.6 Å². The second-order valence-electron chi connectivity index (χ2n) is 5.64. The average Bonchev–Trinajstić information content (AvgIpc) is 2.79. The number of rotatable bonds is 2. The zero-order chi connectivity index (χ0) is 17.6. The van der Waals surface area contributed by atoms with Crippen LogP contribution in [-0.4, -0.2) is 24.1 Å². The molecule has 126 valence electrons. The molecule has 0 aromatic carbocycles. The third kappa shape index (κ3) is 2.45. The summed E-state index contributed by atoms with van der Waals surface area (Å²) >= 11 is 6.23. The van der Waals surface area contributed by atoms with E-state index in [0.717, 1.165) is 4.57 Å². The number of imidazole rings is 1. The van der Waals surface area contributed by atoms with Gasteiger partial charge >= 0.3 is 5.69 Å². The van der Waals surface area contributed by atoms with Crippen LogP contribution in [0.15, 0.2) is 45.3 Å². The molecule has 0 saturated carbocycles. The highest BCUT2D eigenvalue weighted by Crippen LogP contribution is 2.24. The Kier molecular flexibility index (Phi) is 4.04. The number of nitrogens with zero attached hydrogens (tertiary/aromatic N) is 4. The van der Waals surface area contributed by atoms with Crippen molar-refractivity contribution in [2.75, 3.05) is 0 Å². The number of fused-ring (bicyclic) bond motifs is 1. The molecule has 1 atom stereocenters. The van der Waals surface area contributed by atoms with Gasteiger partial charge in [0.1, 0.15) is 11.7 Å². The van der Waals surface area contributed by atoms with Crippen molar-refractivity contribution >= 4 is 22.8 Å². The number of aromatic nitrogens is 4. The van der Waals surface area contributed by atoms with Crippen molar-refractivity contribution in [2.45, 2.75) is 18.8 Å². The van der Waals surface area contributed by atoms with Gasteiger partial charge in [0.25, 0.3) is 5.56 Å². The Labute approximate surface area is 141 Å². The number of hydrogen-bond donors (Lipinski definition) is 0. The fourth-order valence-electron chi connectivity index (χ4n) is 2.74. The Hall–Kier alpha value is -2.41. The van der Waals surface area contributed by atoms with E-state index in [-0.39, 0.29) is 17.7 Å². The van der Waals surface area contributed by atoms with E-state index in [1.165, 1.54) is 17.7 Å². The molecule has 2 aromatic heterocycles. The highest BCUT2D eigenvalue weighted by Gasteiger charge is 2.21. The number of halogens is 2. The molecule has 0 saturated heterocycles. The maximum absolute atomic E-state index is 14.3. The van der Waals surface area contributed by atoms with Crippen LogP contribution in [0.3, 0.4) is 0 Å². The molecule has 0 aliphatic heterocycles. The van der Waals surface area contributed by atoms with E-state index in [2.05, 4.69) is 4.98 Å². The summed E-state index contributed by atoms with van der Waals surface area (Å²) in [5.41, 5.74) is -0.0791. The summed E-state index contributed by atoms with van der Waals surface area (Å²) in [4.78, 5) is 28.9. The van der Waals surface area contributed by atoms with E-state index in [4.69, 9.17) is 11.6 Å². The monoisotopic (exact) mass is 350 g/mol. The molecule has 0 fully saturated rings. The normalized spacial score (nSPS) is 17.8. The Balaban J connectivity index is 2.27. The van der Waals surface area contributed by atoms with Crippen LogP contribution < -0.4 is 11.2 Å². The van der Waals surface area contributed by atoms with Gasteiger partial charge in [-0.05, 0) is 13.0 Å². The average molecular weight is 351 g/mol. The van der Waals surface area contributed by atoms with Crippen LogP contribution in [0.2, 0.25) is 0 Å². The highest BCUT2D eigenvalue weighted by molar-refractivity contribution is 6.23. The zero-order valence-corrected chi connectivity index (χ0v) is 14.2. The van der Waals surface area contributed by atoms with Gasteiger partial charge in [0.2, 0.25) is 0 Å². The van der Waals surface area contributed by atoms with Crippen molar-refractivity contribution in [1.29, 1.82) is 0 Å². The lowest BCUT2D eigenvalue weighted by atomic mass is 10.1. The van der Waals surface area contributed by atoms with E-state index in [0.29, 0.717) is 11.4 Å². The molecule has 1 unspecified atom stereocenters. The van der Waals surface area contributed by atoms with Crippen LogP contribution in [0.5, 0.6) is 0 Å². The molecule has 0 radical (unpaired) electrons. The second kappa shape index (κ2) is 5.90. The lowest BCUT2D eigenvalue weighted by Crippen LogP contribution is -2.37. The van der Waals surface area contributed by atoms with E-state index in [1.54, 1.807) is 36.8 Å². The molecule has 0 bridgehead atoms. The molecule has 3 rings (SSSR count). The summed E-state index contributed by atoms with van der Waals surface area (Å²) < 4.78 is 18.2. The van der Waals surface area contributed by atoms with Gasteiger partial charge in [-0.1, -0.05) is 18.2 Å². The largest absolute Gasteiger partial charge is 0.332 e. The molecule has 8 heteroatoms. The Morgan fingerprint density at radius 1 is 1.25 bits per heavy atom. The van der Waals surface area contributed by atoms with Crippen molar-refractivity contribution in [3.63, 3.8) is 0 Å². The van der Waals surface area contributed by atoms with Crippen LogP contribution in [0.1, 0.15) is 5.82 Å². The summed E-state index contributed by atoms with van der Waals surface area (Å²) in [6.07, 6.45) is 6.24. The Morgan fingerprint density at radius 3 is 2.67 bits per heavy atom. The van der Waals surface area contributed by atoms with Gasteiger partial charge in [-0.2, -0.15) is 0 Å². The van der Waals surface area contributed by atoms with E-state index in [9.17, 15) is 14.0 Å². The third-order valence-corrected chi connectivity index (χ3v) is 4.55. The number of alkyl halides is 1. The zero-order valence-electron chi connectivity index (χ0n) is 13.5. The van der Waals surface area contributed by atoms with Crippen LogP contribution in [0, 0.1) is 6.92 Å².